The Bertz CT molecular complexity index is 995. The molecule has 196 valence electrons. The highest BCUT2D eigenvalue weighted by Crippen LogP contribution is 2.75. The second-order valence-corrected chi connectivity index (χ2v) is 14.7. The molecule has 0 aromatic rings. The number of carboxylic acid groups (broad SMARTS) is 1. The number of carboxylic acids is 1. The molecule has 5 heteroatoms. The zero-order valence-corrected chi connectivity index (χ0v) is 22.8. The Morgan fingerprint density at radius 2 is 1.63 bits per heavy atom. The van der Waals surface area contributed by atoms with Crippen LogP contribution in [-0.4, -0.2) is 38.8 Å². The van der Waals surface area contributed by atoms with Crippen LogP contribution in [0.1, 0.15) is 99.8 Å². The lowest BCUT2D eigenvalue weighted by Crippen LogP contribution is -2.68. The standard InChI is InChI=1S/C30H46O5/c1-17-10-13-30(24(33)34)15-14-27(5)18(22(30)29(17,7)35)8-9-21-26(4)16-19(31)23(32)25(2,3)20(26)11-12-28(21,27)6/h8,17,19-22,31,35H,9-16H2,1-7H3,(H,33,34)/t17-,19-,20?,21?,22?,26+,27-,28-,29-,30+/m1/s1. The highest BCUT2D eigenvalue weighted by Gasteiger charge is 2.71. The number of fused-ring (bicyclic) bond motifs is 7. The number of allylic oxidation sites excluding steroid dienone is 1. The van der Waals surface area contributed by atoms with E-state index in [1.807, 2.05) is 20.8 Å². The van der Waals surface area contributed by atoms with Crippen LogP contribution < -0.4 is 0 Å². The molecule has 5 rings (SSSR count). The maximum Gasteiger partial charge on any atom is 0.310 e. The molecular weight excluding hydrogens is 440 g/mol. The molecule has 0 bridgehead atoms. The van der Waals surface area contributed by atoms with Crippen LogP contribution in [0.2, 0.25) is 0 Å². The molecule has 10 atom stereocenters. The van der Waals surface area contributed by atoms with E-state index in [4.69, 9.17) is 0 Å². The molecule has 0 aliphatic heterocycles. The molecular formula is C30H46O5. The first kappa shape index (κ1) is 25.4. The first-order valence-electron chi connectivity index (χ1n) is 13.9. The Kier molecular flexibility index (Phi) is 5.25. The quantitative estimate of drug-likeness (QED) is 0.432. The Hall–Kier alpha value is -1.20. The van der Waals surface area contributed by atoms with E-state index in [1.54, 1.807) is 0 Å². The van der Waals surface area contributed by atoms with Crippen LogP contribution in [0.3, 0.4) is 0 Å². The monoisotopic (exact) mass is 486 g/mol. The van der Waals surface area contributed by atoms with E-state index < -0.39 is 28.5 Å². The lowest BCUT2D eigenvalue weighted by atomic mass is 9.33. The minimum atomic E-state index is -1.07. The minimum absolute atomic E-state index is 0.0158. The van der Waals surface area contributed by atoms with E-state index in [0.29, 0.717) is 25.2 Å². The van der Waals surface area contributed by atoms with Gasteiger partial charge in [-0.3, -0.25) is 9.59 Å². The van der Waals surface area contributed by atoms with Gasteiger partial charge in [0.2, 0.25) is 0 Å². The van der Waals surface area contributed by atoms with Crippen molar-refractivity contribution in [1.29, 1.82) is 0 Å². The van der Waals surface area contributed by atoms with Gasteiger partial charge in [-0.05, 0) is 92.3 Å². The van der Waals surface area contributed by atoms with Crippen molar-refractivity contribution in [1.82, 2.24) is 0 Å². The molecule has 0 aromatic carbocycles. The summed E-state index contributed by atoms with van der Waals surface area (Å²) in [5.41, 5.74) is -1.81. The van der Waals surface area contributed by atoms with Crippen molar-refractivity contribution in [3.05, 3.63) is 11.6 Å². The number of carbonyl (C=O) groups excluding carboxylic acids is 1. The smallest absolute Gasteiger partial charge is 0.310 e. The van der Waals surface area contributed by atoms with Gasteiger partial charge in [-0.1, -0.05) is 53.2 Å². The zero-order valence-electron chi connectivity index (χ0n) is 22.8. The number of carbonyl (C=O) groups is 2. The lowest BCUT2D eigenvalue weighted by Gasteiger charge is -2.71. The average Bonchev–Trinajstić information content (AvgIpc) is 2.75. The zero-order chi connectivity index (χ0) is 26.0. The summed E-state index contributed by atoms with van der Waals surface area (Å²) >= 11 is 0. The summed E-state index contributed by atoms with van der Waals surface area (Å²) in [5, 5.41) is 33.3. The molecule has 0 radical (unpaired) electrons. The van der Waals surface area contributed by atoms with Gasteiger partial charge in [-0.15, -0.1) is 0 Å². The van der Waals surface area contributed by atoms with Gasteiger partial charge in [0.05, 0.1) is 11.0 Å². The molecule has 0 heterocycles. The summed E-state index contributed by atoms with van der Waals surface area (Å²) < 4.78 is 0. The van der Waals surface area contributed by atoms with Crippen LogP contribution >= 0.6 is 0 Å². The van der Waals surface area contributed by atoms with Gasteiger partial charge >= 0.3 is 5.97 Å². The second-order valence-electron chi connectivity index (χ2n) is 14.7. The van der Waals surface area contributed by atoms with E-state index in [9.17, 15) is 24.9 Å². The first-order chi connectivity index (χ1) is 16.0. The maximum atomic E-state index is 13.0. The molecule has 3 unspecified atom stereocenters. The lowest BCUT2D eigenvalue weighted by molar-refractivity contribution is -0.213. The topological polar surface area (TPSA) is 94.8 Å². The molecule has 35 heavy (non-hydrogen) atoms. The van der Waals surface area contributed by atoms with Crippen LogP contribution in [0.5, 0.6) is 0 Å². The average molecular weight is 487 g/mol. The van der Waals surface area contributed by atoms with Gasteiger partial charge in [-0.2, -0.15) is 0 Å². The number of rotatable bonds is 1. The number of aliphatic carboxylic acids is 1. The summed E-state index contributed by atoms with van der Waals surface area (Å²) in [6.45, 7) is 15.0. The Balaban J connectivity index is 1.65. The number of Topliss-reactive ketones (excluding diaryl/α,β-unsaturated/α-hetero) is 1. The maximum absolute atomic E-state index is 13.0. The van der Waals surface area contributed by atoms with Crippen molar-refractivity contribution in [3.8, 4) is 0 Å². The molecule has 5 aliphatic carbocycles. The molecule has 0 spiro atoms. The van der Waals surface area contributed by atoms with Gasteiger partial charge in [0.15, 0.2) is 5.78 Å². The fourth-order valence-corrected chi connectivity index (χ4v) is 10.8. The van der Waals surface area contributed by atoms with Crippen molar-refractivity contribution in [2.75, 3.05) is 0 Å². The molecule has 0 aromatic heterocycles. The number of hydrogen-bond acceptors (Lipinski definition) is 4. The highest BCUT2D eigenvalue weighted by atomic mass is 16.4. The Morgan fingerprint density at radius 1 is 0.971 bits per heavy atom. The van der Waals surface area contributed by atoms with Crippen LogP contribution in [0.25, 0.3) is 0 Å². The van der Waals surface area contributed by atoms with Gasteiger partial charge in [0.1, 0.15) is 6.10 Å². The van der Waals surface area contributed by atoms with Crippen LogP contribution in [0, 0.1) is 50.7 Å². The first-order valence-corrected chi connectivity index (χ1v) is 13.9. The van der Waals surface area contributed by atoms with Crippen LogP contribution in [0.15, 0.2) is 11.6 Å². The minimum Gasteiger partial charge on any atom is -0.481 e. The molecule has 0 amide bonds. The normalized spacial score (nSPS) is 55.1. The van der Waals surface area contributed by atoms with Crippen molar-refractivity contribution in [2.45, 2.75) is 112 Å². The van der Waals surface area contributed by atoms with Crippen molar-refractivity contribution in [3.63, 3.8) is 0 Å². The molecule has 5 aliphatic rings. The van der Waals surface area contributed by atoms with Gasteiger partial charge in [0.25, 0.3) is 0 Å². The van der Waals surface area contributed by atoms with Crippen molar-refractivity contribution >= 4 is 11.8 Å². The third-order valence-corrected chi connectivity index (χ3v) is 13.2. The van der Waals surface area contributed by atoms with Crippen LogP contribution in [0.4, 0.5) is 0 Å². The predicted molar refractivity (Wildman–Crippen MR) is 134 cm³/mol. The number of aliphatic hydroxyl groups is 2. The van der Waals surface area contributed by atoms with Gasteiger partial charge < -0.3 is 15.3 Å². The van der Waals surface area contributed by atoms with Gasteiger partial charge in [-0.25, -0.2) is 0 Å². The van der Waals surface area contributed by atoms with E-state index in [2.05, 4.69) is 33.8 Å². The summed E-state index contributed by atoms with van der Waals surface area (Å²) in [6.07, 6.45) is 7.42. The van der Waals surface area contributed by atoms with Crippen LogP contribution in [-0.2, 0) is 9.59 Å². The third-order valence-electron chi connectivity index (χ3n) is 13.2. The van der Waals surface area contributed by atoms with E-state index in [0.717, 1.165) is 32.1 Å². The van der Waals surface area contributed by atoms with Crippen molar-refractivity contribution < 1.29 is 24.9 Å². The summed E-state index contributed by atoms with van der Waals surface area (Å²) in [6, 6.07) is 0. The second kappa shape index (κ2) is 7.22. The summed E-state index contributed by atoms with van der Waals surface area (Å²) in [7, 11) is 0. The molecule has 3 N–H and O–H groups in total. The van der Waals surface area contributed by atoms with Gasteiger partial charge in [0, 0.05) is 11.3 Å². The fraction of sp³-hybridized carbons (Fsp3) is 0.867. The third kappa shape index (κ3) is 2.83. The largest absolute Gasteiger partial charge is 0.481 e. The van der Waals surface area contributed by atoms with E-state index in [-0.39, 0.29) is 39.8 Å². The van der Waals surface area contributed by atoms with Crippen molar-refractivity contribution in [2.24, 2.45) is 50.7 Å². The van der Waals surface area contributed by atoms with E-state index in [1.165, 1.54) is 5.57 Å². The summed E-state index contributed by atoms with van der Waals surface area (Å²) in [5.74, 6) is -0.584. The SMILES string of the molecule is C[C@@H]1CC[C@]2(C(=O)O)CC[C@]3(C)C(=CCC4[C@@]5(C)C[C@@H](O)C(=O)C(C)(C)C5CC[C@]43C)C2[C@]1(C)O. The Morgan fingerprint density at radius 3 is 2.26 bits per heavy atom. The molecule has 0 saturated heterocycles. The molecule has 4 fully saturated rings. The number of hydrogen-bond donors (Lipinski definition) is 3. The number of ketones is 1. The van der Waals surface area contributed by atoms with E-state index >= 15 is 0 Å². The highest BCUT2D eigenvalue weighted by molar-refractivity contribution is 5.89. The fourth-order valence-electron chi connectivity index (χ4n) is 10.8. The molecule has 5 nitrogen and oxygen atoms in total. The predicted octanol–water partition coefficient (Wildman–Crippen LogP) is 5.38. The molecule has 4 saturated carbocycles. The Labute approximate surface area is 210 Å². The number of aliphatic hydroxyl groups excluding tert-OH is 1. The summed E-state index contributed by atoms with van der Waals surface area (Å²) in [4.78, 5) is 25.8.